The van der Waals surface area contributed by atoms with E-state index in [1.54, 1.807) is 36.4 Å². The molecule has 0 amide bonds. The van der Waals surface area contributed by atoms with Gasteiger partial charge in [-0.15, -0.1) is 12.4 Å². The van der Waals surface area contributed by atoms with Crippen molar-refractivity contribution in [1.82, 2.24) is 19.8 Å². The summed E-state index contributed by atoms with van der Waals surface area (Å²) in [6.07, 6.45) is 4.19. The molecule has 1 heterocycles. The molecule has 9 heteroatoms. The highest BCUT2D eigenvalue weighted by molar-refractivity contribution is 7.89. The molecule has 1 atom stereocenters. The van der Waals surface area contributed by atoms with Crippen molar-refractivity contribution in [3.8, 4) is 0 Å². The number of aromatic nitrogens is 2. The first kappa shape index (κ1) is 21.3. The van der Waals surface area contributed by atoms with E-state index < -0.39 is 10.0 Å². The predicted octanol–water partition coefficient (Wildman–Crippen LogP) is 2.06. The summed E-state index contributed by atoms with van der Waals surface area (Å²) in [5.74, 6) is 1.06. The molecule has 0 saturated carbocycles. The van der Waals surface area contributed by atoms with E-state index >= 15 is 0 Å². The summed E-state index contributed by atoms with van der Waals surface area (Å²) in [6.45, 7) is 2.04. The van der Waals surface area contributed by atoms with Crippen LogP contribution in [0.4, 0.5) is 0 Å². The maximum Gasteiger partial charge on any atom is 0.250 e. The third-order valence-electron chi connectivity index (χ3n) is 3.54. The molecule has 0 aliphatic heterocycles. The summed E-state index contributed by atoms with van der Waals surface area (Å²) in [4.78, 5) is 4.54. The molecule has 1 N–H and O–H groups in total. The van der Waals surface area contributed by atoms with E-state index in [0.29, 0.717) is 18.1 Å². The minimum Gasteiger partial charge on any atom is -0.335 e. The Balaban J connectivity index is 0.00000312. The Labute approximate surface area is 154 Å². The van der Waals surface area contributed by atoms with Crippen molar-refractivity contribution < 1.29 is 12.9 Å². The molecule has 2 aromatic rings. The maximum absolute atomic E-state index is 12.0. The first-order chi connectivity index (χ1) is 11.3. The van der Waals surface area contributed by atoms with Gasteiger partial charge >= 0.3 is 0 Å². The van der Waals surface area contributed by atoms with Gasteiger partial charge in [-0.25, -0.2) is 12.7 Å². The summed E-state index contributed by atoms with van der Waals surface area (Å²) in [7, 11) is 1.48. The van der Waals surface area contributed by atoms with Crippen molar-refractivity contribution in [3.05, 3.63) is 41.5 Å². The Morgan fingerprint density at radius 1 is 1.24 bits per heavy atom. The van der Waals surface area contributed by atoms with Gasteiger partial charge in [-0.05, 0) is 37.7 Å². The standard InChI is InChI=1S/C16H22N4O3S.ClH/c1-12(17-2)11-15-18-16(23-19-15)10-7-13-5-8-14(9-6-13)24(21,22)20(3)4;/h5-10,12,17H,11H2,1-4H3;1H/b10-7+;. The first-order valence-electron chi connectivity index (χ1n) is 7.53. The molecule has 1 aromatic carbocycles. The molecule has 0 bridgehead atoms. The third-order valence-corrected chi connectivity index (χ3v) is 5.37. The molecule has 0 spiro atoms. The van der Waals surface area contributed by atoms with Gasteiger partial charge in [0, 0.05) is 32.6 Å². The molecule has 0 saturated heterocycles. The van der Waals surface area contributed by atoms with Gasteiger partial charge in [0.15, 0.2) is 5.82 Å². The molecule has 0 fully saturated rings. The second-order valence-electron chi connectivity index (χ2n) is 5.63. The van der Waals surface area contributed by atoms with Crippen LogP contribution in [0.3, 0.4) is 0 Å². The van der Waals surface area contributed by atoms with Crippen LogP contribution in [0.15, 0.2) is 33.7 Å². The largest absolute Gasteiger partial charge is 0.335 e. The van der Waals surface area contributed by atoms with Gasteiger partial charge in [0.05, 0.1) is 4.90 Å². The highest BCUT2D eigenvalue weighted by Crippen LogP contribution is 2.15. The third kappa shape index (κ3) is 5.64. The highest BCUT2D eigenvalue weighted by Gasteiger charge is 2.16. The molecule has 0 aliphatic carbocycles. The normalized spacial score (nSPS) is 13.2. The molecule has 2 rings (SSSR count). The van der Waals surface area contributed by atoms with Crippen molar-refractivity contribution in [2.75, 3.05) is 21.1 Å². The number of rotatable bonds is 7. The molecule has 1 unspecified atom stereocenters. The predicted molar refractivity (Wildman–Crippen MR) is 100 cm³/mol. The zero-order chi connectivity index (χ0) is 17.7. The molecule has 138 valence electrons. The van der Waals surface area contributed by atoms with E-state index in [9.17, 15) is 8.42 Å². The fourth-order valence-corrected chi connectivity index (χ4v) is 2.82. The number of nitrogens with zero attached hydrogens (tertiary/aromatic N) is 3. The number of sulfonamides is 1. The topological polar surface area (TPSA) is 88.3 Å². The zero-order valence-electron chi connectivity index (χ0n) is 14.6. The maximum atomic E-state index is 12.0. The summed E-state index contributed by atoms with van der Waals surface area (Å²) < 4.78 is 30.4. The van der Waals surface area contributed by atoms with E-state index in [-0.39, 0.29) is 23.3 Å². The van der Waals surface area contributed by atoms with Crippen LogP contribution < -0.4 is 5.32 Å². The van der Waals surface area contributed by atoms with Crippen LogP contribution in [0.2, 0.25) is 0 Å². The Morgan fingerprint density at radius 2 is 1.88 bits per heavy atom. The number of benzene rings is 1. The van der Waals surface area contributed by atoms with Crippen molar-refractivity contribution >= 4 is 34.6 Å². The highest BCUT2D eigenvalue weighted by atomic mass is 35.5. The molecule has 1 aromatic heterocycles. The summed E-state index contributed by atoms with van der Waals surface area (Å²) in [5, 5.41) is 7.03. The SMILES string of the molecule is CNC(C)Cc1noc(/C=C/c2ccc(S(=O)(=O)N(C)C)cc2)n1.Cl. The van der Waals surface area contributed by atoms with E-state index in [1.165, 1.54) is 18.4 Å². The van der Waals surface area contributed by atoms with Crippen LogP contribution in [-0.4, -0.2) is 50.0 Å². The lowest BCUT2D eigenvalue weighted by atomic mass is 10.2. The van der Waals surface area contributed by atoms with Crippen molar-refractivity contribution in [2.24, 2.45) is 0 Å². The second-order valence-corrected chi connectivity index (χ2v) is 7.78. The summed E-state index contributed by atoms with van der Waals surface area (Å²) in [5.41, 5.74) is 0.844. The van der Waals surface area contributed by atoms with Crippen LogP contribution in [0, 0.1) is 0 Å². The number of likely N-dealkylation sites (N-methyl/N-ethyl adjacent to an activating group) is 1. The first-order valence-corrected chi connectivity index (χ1v) is 8.97. The van der Waals surface area contributed by atoms with Crippen molar-refractivity contribution in [1.29, 1.82) is 0 Å². The van der Waals surface area contributed by atoms with Crippen LogP contribution in [0.1, 0.15) is 24.2 Å². The lowest BCUT2D eigenvalue weighted by Crippen LogP contribution is -2.24. The number of halogens is 1. The Kier molecular flexibility index (Phi) is 7.75. The molecule has 0 radical (unpaired) electrons. The summed E-state index contributed by atoms with van der Waals surface area (Å²) >= 11 is 0. The van der Waals surface area contributed by atoms with E-state index in [1.807, 2.05) is 14.0 Å². The second kappa shape index (κ2) is 9.10. The number of hydrogen-bond donors (Lipinski definition) is 1. The lowest BCUT2D eigenvalue weighted by molar-refractivity contribution is 0.400. The van der Waals surface area contributed by atoms with Gasteiger partial charge in [-0.3, -0.25) is 0 Å². The van der Waals surface area contributed by atoms with Gasteiger partial charge in [-0.2, -0.15) is 4.98 Å². The van der Waals surface area contributed by atoms with Crippen LogP contribution in [0.25, 0.3) is 12.2 Å². The van der Waals surface area contributed by atoms with Crippen LogP contribution >= 0.6 is 12.4 Å². The average Bonchev–Trinajstić information content (AvgIpc) is 3.00. The molecular formula is C16H23ClN4O3S. The van der Waals surface area contributed by atoms with Gasteiger partial charge in [-0.1, -0.05) is 17.3 Å². The fraction of sp³-hybridized carbons (Fsp3) is 0.375. The smallest absolute Gasteiger partial charge is 0.250 e. The van der Waals surface area contributed by atoms with Gasteiger partial charge in [0.25, 0.3) is 5.89 Å². The molecule has 0 aliphatic rings. The number of nitrogens with one attached hydrogen (secondary N) is 1. The zero-order valence-corrected chi connectivity index (χ0v) is 16.3. The fourth-order valence-electron chi connectivity index (χ4n) is 1.92. The minimum atomic E-state index is -3.41. The minimum absolute atomic E-state index is 0. The average molecular weight is 387 g/mol. The Hall–Kier alpha value is -1.74. The number of hydrogen-bond acceptors (Lipinski definition) is 6. The van der Waals surface area contributed by atoms with Crippen LogP contribution in [-0.2, 0) is 16.4 Å². The van der Waals surface area contributed by atoms with E-state index in [0.717, 1.165) is 5.56 Å². The molecule has 7 nitrogen and oxygen atoms in total. The monoisotopic (exact) mass is 386 g/mol. The van der Waals surface area contributed by atoms with Gasteiger partial charge < -0.3 is 9.84 Å². The van der Waals surface area contributed by atoms with Gasteiger partial charge in [0.2, 0.25) is 10.0 Å². The Bertz CT molecular complexity index is 801. The van der Waals surface area contributed by atoms with Gasteiger partial charge in [0.1, 0.15) is 0 Å². The quantitative estimate of drug-likeness (QED) is 0.783. The van der Waals surface area contributed by atoms with Crippen molar-refractivity contribution in [2.45, 2.75) is 24.3 Å². The lowest BCUT2D eigenvalue weighted by Gasteiger charge is -2.10. The summed E-state index contributed by atoms with van der Waals surface area (Å²) in [6, 6.07) is 6.87. The molecule has 25 heavy (non-hydrogen) atoms. The molecular weight excluding hydrogens is 364 g/mol. The van der Waals surface area contributed by atoms with Crippen LogP contribution in [0.5, 0.6) is 0 Å². The Morgan fingerprint density at radius 3 is 2.44 bits per heavy atom. The van der Waals surface area contributed by atoms with Crippen molar-refractivity contribution in [3.63, 3.8) is 0 Å². The van der Waals surface area contributed by atoms with E-state index in [2.05, 4.69) is 15.5 Å². The van der Waals surface area contributed by atoms with E-state index in [4.69, 9.17) is 4.52 Å².